The Hall–Kier alpha value is -1.04. The van der Waals surface area contributed by atoms with E-state index in [1.54, 1.807) is 0 Å². The molecule has 0 aromatic carbocycles. The first-order chi connectivity index (χ1) is 7.87. The Morgan fingerprint density at radius 1 is 1.17 bits per heavy atom. The largest absolute Gasteiger partial charge is 0.463 e. The van der Waals surface area contributed by atoms with E-state index in [0.29, 0.717) is 5.38 Å². The Balaban J connectivity index is 3.12. The maximum Gasteiger partial charge on any atom is 0.458 e. The van der Waals surface area contributed by atoms with Gasteiger partial charge in [-0.1, -0.05) is 33.9 Å². The van der Waals surface area contributed by atoms with Crippen LogP contribution in [0.1, 0.15) is 31.3 Å². The first kappa shape index (κ1) is 15.0. The Morgan fingerprint density at radius 3 is 2.06 bits per heavy atom. The first-order valence-corrected chi connectivity index (χ1v) is 8.59. The van der Waals surface area contributed by atoms with Crippen LogP contribution in [0.15, 0.2) is 16.5 Å². The predicted octanol–water partition coefficient (Wildman–Crippen LogP) is 3.74. The van der Waals surface area contributed by atoms with E-state index in [9.17, 15) is 18.0 Å². The average molecular weight is 278 g/mol. The highest BCUT2D eigenvalue weighted by Gasteiger charge is 2.44. The fourth-order valence-corrected chi connectivity index (χ4v) is 2.91. The van der Waals surface area contributed by atoms with Gasteiger partial charge in [0.25, 0.3) is 0 Å². The summed E-state index contributed by atoms with van der Waals surface area (Å²) in [5, 5.41) is 0.450. The van der Waals surface area contributed by atoms with Crippen molar-refractivity contribution in [2.45, 2.75) is 45.1 Å². The van der Waals surface area contributed by atoms with Crippen LogP contribution in [0.4, 0.5) is 13.2 Å². The summed E-state index contributed by atoms with van der Waals surface area (Å²) in [6, 6.07) is 2.61. The van der Waals surface area contributed by atoms with Crippen LogP contribution < -0.4 is 5.38 Å². The van der Waals surface area contributed by atoms with Crippen LogP contribution >= 0.6 is 0 Å². The number of rotatable bonds is 2. The molecule has 0 spiro atoms. The lowest BCUT2D eigenvalue weighted by Gasteiger charge is -2.34. The highest BCUT2D eigenvalue weighted by molar-refractivity contribution is 6.91. The van der Waals surface area contributed by atoms with Crippen LogP contribution in [0, 0.1) is 0 Å². The molecular formula is C12H17F3O2Si. The molecule has 18 heavy (non-hydrogen) atoms. The third-order valence-corrected chi connectivity index (χ3v) is 8.83. The van der Waals surface area contributed by atoms with Gasteiger partial charge < -0.3 is 4.42 Å². The fourth-order valence-electron chi connectivity index (χ4n) is 1.31. The maximum absolute atomic E-state index is 12.3. The summed E-state index contributed by atoms with van der Waals surface area (Å²) >= 11 is 0. The SMILES string of the molecule is CC(C)(C)[Si](C)(C)c1ccc(C(=O)C(F)(F)F)o1. The van der Waals surface area contributed by atoms with Gasteiger partial charge in [0, 0.05) is 0 Å². The lowest BCUT2D eigenvalue weighted by molar-refractivity contribution is -0.0898. The lowest BCUT2D eigenvalue weighted by Crippen LogP contribution is -2.48. The first-order valence-electron chi connectivity index (χ1n) is 5.59. The van der Waals surface area contributed by atoms with Gasteiger partial charge >= 0.3 is 12.0 Å². The number of carbonyl (C=O) groups excluding carboxylic acids is 1. The van der Waals surface area contributed by atoms with Crippen molar-refractivity contribution in [2.75, 3.05) is 0 Å². The second-order valence-corrected chi connectivity index (χ2v) is 11.1. The van der Waals surface area contributed by atoms with Gasteiger partial charge in [0.15, 0.2) is 5.76 Å². The van der Waals surface area contributed by atoms with Gasteiger partial charge in [-0.25, -0.2) is 0 Å². The summed E-state index contributed by atoms with van der Waals surface area (Å²) < 4.78 is 42.0. The molecule has 0 atom stereocenters. The molecule has 0 bridgehead atoms. The van der Waals surface area contributed by atoms with Crippen LogP contribution in [-0.2, 0) is 0 Å². The minimum absolute atomic E-state index is 0.0661. The number of halogens is 3. The van der Waals surface area contributed by atoms with Gasteiger partial charge in [-0.3, -0.25) is 4.79 Å². The number of Topliss-reactive ketones (excluding diaryl/α,β-unsaturated/α-hetero) is 1. The second-order valence-electron chi connectivity index (χ2n) is 5.87. The topological polar surface area (TPSA) is 30.2 Å². The highest BCUT2D eigenvalue weighted by Crippen LogP contribution is 2.36. The van der Waals surface area contributed by atoms with Crippen LogP contribution in [0.5, 0.6) is 0 Å². The lowest BCUT2D eigenvalue weighted by atomic mass is 10.2. The zero-order valence-corrected chi connectivity index (χ0v) is 12.1. The third kappa shape index (κ3) is 2.68. The van der Waals surface area contributed by atoms with Crippen molar-refractivity contribution >= 4 is 19.2 Å². The summed E-state index contributed by atoms with van der Waals surface area (Å²) in [6.45, 7) is 10.1. The molecule has 0 amide bonds. The minimum Gasteiger partial charge on any atom is -0.463 e. The Kier molecular flexibility index (Phi) is 3.55. The van der Waals surface area contributed by atoms with E-state index < -0.39 is 25.8 Å². The molecule has 1 rings (SSSR count). The highest BCUT2D eigenvalue weighted by atomic mass is 28.3. The van der Waals surface area contributed by atoms with Gasteiger partial charge in [0.2, 0.25) is 0 Å². The summed E-state index contributed by atoms with van der Waals surface area (Å²) in [5.41, 5.74) is 0. The Morgan fingerprint density at radius 2 is 1.67 bits per heavy atom. The number of furan rings is 1. The van der Waals surface area contributed by atoms with Crippen LogP contribution in [-0.4, -0.2) is 20.0 Å². The molecule has 0 radical (unpaired) electrons. The van der Waals surface area contributed by atoms with E-state index in [1.807, 2.05) is 33.9 Å². The zero-order chi connectivity index (χ0) is 14.4. The average Bonchev–Trinajstić information content (AvgIpc) is 2.62. The van der Waals surface area contributed by atoms with E-state index in [0.717, 1.165) is 6.07 Å². The maximum atomic E-state index is 12.3. The monoisotopic (exact) mass is 278 g/mol. The fraction of sp³-hybridized carbons (Fsp3) is 0.583. The molecule has 102 valence electrons. The predicted molar refractivity (Wildman–Crippen MR) is 65.9 cm³/mol. The molecule has 1 aromatic heterocycles. The third-order valence-electron chi connectivity index (χ3n) is 3.58. The van der Waals surface area contributed by atoms with Gasteiger partial charge in [-0.2, -0.15) is 13.2 Å². The molecular weight excluding hydrogens is 261 g/mol. The summed E-state index contributed by atoms with van der Waals surface area (Å²) in [7, 11) is -2.05. The van der Waals surface area contributed by atoms with E-state index >= 15 is 0 Å². The van der Waals surface area contributed by atoms with Crippen molar-refractivity contribution in [1.29, 1.82) is 0 Å². The number of ketones is 1. The van der Waals surface area contributed by atoms with Gasteiger partial charge in [-0.15, -0.1) is 0 Å². The number of carbonyl (C=O) groups is 1. The zero-order valence-electron chi connectivity index (χ0n) is 11.1. The smallest absolute Gasteiger partial charge is 0.458 e. The van der Waals surface area contributed by atoms with Crippen LogP contribution in [0.3, 0.4) is 0 Å². The number of alkyl halides is 3. The normalized spacial score (nSPS) is 13.8. The van der Waals surface area contributed by atoms with Gasteiger partial charge in [0.1, 0.15) is 8.07 Å². The van der Waals surface area contributed by atoms with Gasteiger partial charge in [-0.05, 0) is 17.2 Å². The standard InChI is InChI=1S/C12H17F3O2Si/c1-11(2,3)18(4,5)9-7-6-8(17-9)10(16)12(13,14)15/h6-7H,1-5H3. The molecule has 0 unspecified atom stereocenters. The molecule has 0 aliphatic heterocycles. The molecule has 0 saturated carbocycles. The molecule has 2 nitrogen and oxygen atoms in total. The van der Waals surface area contributed by atoms with Crippen molar-refractivity contribution < 1.29 is 22.4 Å². The van der Waals surface area contributed by atoms with E-state index in [1.165, 1.54) is 6.07 Å². The van der Waals surface area contributed by atoms with Crippen molar-refractivity contribution in [1.82, 2.24) is 0 Å². The van der Waals surface area contributed by atoms with Crippen molar-refractivity contribution in [2.24, 2.45) is 0 Å². The van der Waals surface area contributed by atoms with Crippen LogP contribution in [0.25, 0.3) is 0 Å². The molecule has 1 heterocycles. The summed E-state index contributed by atoms with van der Waals surface area (Å²) in [5.74, 6) is -2.55. The summed E-state index contributed by atoms with van der Waals surface area (Å²) in [4.78, 5) is 11.1. The molecule has 1 aromatic rings. The van der Waals surface area contributed by atoms with Crippen molar-refractivity contribution in [3.63, 3.8) is 0 Å². The minimum atomic E-state index is -4.89. The molecule has 0 aliphatic rings. The van der Waals surface area contributed by atoms with E-state index in [4.69, 9.17) is 4.42 Å². The van der Waals surface area contributed by atoms with Gasteiger partial charge in [0.05, 0.1) is 5.38 Å². The van der Waals surface area contributed by atoms with Crippen molar-refractivity contribution in [3.8, 4) is 0 Å². The quantitative estimate of drug-likeness (QED) is 0.609. The van der Waals surface area contributed by atoms with E-state index in [2.05, 4.69) is 0 Å². The second kappa shape index (κ2) is 4.26. The molecule has 6 heteroatoms. The van der Waals surface area contributed by atoms with Crippen LogP contribution in [0.2, 0.25) is 18.1 Å². The number of hydrogen-bond acceptors (Lipinski definition) is 2. The Bertz CT molecular complexity index is 453. The number of hydrogen-bond donors (Lipinski definition) is 0. The van der Waals surface area contributed by atoms with E-state index in [-0.39, 0.29) is 5.04 Å². The molecule has 0 fully saturated rings. The summed E-state index contributed by atoms with van der Waals surface area (Å²) in [6.07, 6.45) is -4.89. The molecule has 0 aliphatic carbocycles. The molecule has 0 saturated heterocycles. The molecule has 0 N–H and O–H groups in total. The Labute approximate surface area is 105 Å². The van der Waals surface area contributed by atoms with Crippen molar-refractivity contribution in [3.05, 3.63) is 17.9 Å².